The van der Waals surface area contributed by atoms with Crippen LogP contribution in [0.2, 0.25) is 0 Å². The molecular formula is C17H16N2O2. The van der Waals surface area contributed by atoms with Crippen LogP contribution in [0.15, 0.2) is 58.1 Å². The van der Waals surface area contributed by atoms with Gasteiger partial charge in [-0.2, -0.15) is 0 Å². The van der Waals surface area contributed by atoms with Gasteiger partial charge in [-0.25, -0.2) is 4.79 Å². The van der Waals surface area contributed by atoms with Crippen molar-refractivity contribution >= 4 is 10.9 Å². The summed E-state index contributed by atoms with van der Waals surface area (Å²) in [6.45, 7) is 2.47. The van der Waals surface area contributed by atoms with Crippen LogP contribution in [-0.4, -0.2) is 9.13 Å². The molecule has 0 radical (unpaired) electrons. The highest BCUT2D eigenvalue weighted by molar-refractivity contribution is 5.77. The molecule has 0 atom stereocenters. The zero-order valence-electron chi connectivity index (χ0n) is 12.0. The first-order valence-electron chi connectivity index (χ1n) is 6.82. The van der Waals surface area contributed by atoms with E-state index in [-0.39, 0.29) is 11.2 Å². The Hall–Kier alpha value is -2.62. The first-order valence-corrected chi connectivity index (χ1v) is 6.82. The monoisotopic (exact) mass is 280 g/mol. The molecule has 0 saturated heterocycles. The Morgan fingerprint density at radius 2 is 1.76 bits per heavy atom. The number of para-hydroxylation sites is 1. The van der Waals surface area contributed by atoms with Crippen molar-refractivity contribution in [1.82, 2.24) is 9.13 Å². The summed E-state index contributed by atoms with van der Waals surface area (Å²) < 4.78 is 2.81. The van der Waals surface area contributed by atoms with Crippen LogP contribution in [0.3, 0.4) is 0 Å². The summed E-state index contributed by atoms with van der Waals surface area (Å²) in [5, 5.41) is 0.562. The second kappa shape index (κ2) is 5.05. The fourth-order valence-corrected chi connectivity index (χ4v) is 2.59. The van der Waals surface area contributed by atoms with Crippen molar-refractivity contribution in [2.24, 2.45) is 7.05 Å². The number of aromatic nitrogens is 2. The van der Waals surface area contributed by atoms with Crippen LogP contribution in [0.25, 0.3) is 10.9 Å². The summed E-state index contributed by atoms with van der Waals surface area (Å²) in [5.74, 6) is 0. The molecule has 0 aliphatic rings. The summed E-state index contributed by atoms with van der Waals surface area (Å²) in [5.41, 5.74) is 2.32. The minimum atomic E-state index is -0.291. The molecule has 0 aliphatic carbocycles. The number of benzene rings is 2. The first kappa shape index (κ1) is 13.4. The Labute approximate surface area is 121 Å². The van der Waals surface area contributed by atoms with Gasteiger partial charge in [0, 0.05) is 7.05 Å². The van der Waals surface area contributed by atoms with Crippen molar-refractivity contribution in [1.29, 1.82) is 0 Å². The molecule has 0 fully saturated rings. The number of nitrogens with zero attached hydrogens (tertiary/aromatic N) is 2. The maximum atomic E-state index is 12.4. The minimum absolute atomic E-state index is 0.254. The average molecular weight is 280 g/mol. The van der Waals surface area contributed by atoms with Crippen LogP contribution in [0.5, 0.6) is 0 Å². The second-order valence-corrected chi connectivity index (χ2v) is 5.24. The van der Waals surface area contributed by atoms with Crippen molar-refractivity contribution in [2.45, 2.75) is 13.5 Å². The molecule has 106 valence electrons. The normalized spacial score (nSPS) is 11.0. The van der Waals surface area contributed by atoms with Gasteiger partial charge in [0.05, 0.1) is 17.4 Å². The smallest absolute Gasteiger partial charge is 0.289 e. The number of hydrogen-bond acceptors (Lipinski definition) is 2. The predicted molar refractivity (Wildman–Crippen MR) is 83.7 cm³/mol. The maximum Gasteiger partial charge on any atom is 0.331 e. The van der Waals surface area contributed by atoms with Crippen LogP contribution in [0, 0.1) is 6.92 Å². The van der Waals surface area contributed by atoms with Gasteiger partial charge in [-0.15, -0.1) is 0 Å². The van der Waals surface area contributed by atoms with Crippen molar-refractivity contribution in [2.75, 3.05) is 0 Å². The summed E-state index contributed by atoms with van der Waals surface area (Å²) in [6, 6.07) is 15.2. The number of aryl methyl sites for hydroxylation is 1. The zero-order chi connectivity index (χ0) is 15.0. The number of rotatable bonds is 2. The molecule has 21 heavy (non-hydrogen) atoms. The molecule has 0 bridgehead atoms. The Balaban J connectivity index is 2.27. The lowest BCUT2D eigenvalue weighted by Crippen LogP contribution is -2.38. The second-order valence-electron chi connectivity index (χ2n) is 5.24. The lowest BCUT2D eigenvalue weighted by molar-refractivity contribution is 0.674. The molecular weight excluding hydrogens is 264 g/mol. The van der Waals surface area contributed by atoms with Gasteiger partial charge >= 0.3 is 5.69 Å². The van der Waals surface area contributed by atoms with Crippen LogP contribution in [-0.2, 0) is 13.6 Å². The van der Waals surface area contributed by atoms with Crippen molar-refractivity contribution in [3.05, 3.63) is 80.5 Å². The first-order chi connectivity index (χ1) is 10.1. The highest BCUT2D eigenvalue weighted by atomic mass is 16.2. The molecule has 0 spiro atoms. The fourth-order valence-electron chi connectivity index (χ4n) is 2.59. The SMILES string of the molecule is Cc1cccc(Cn2c(=O)n(C)c(=O)c3ccccc32)c1. The summed E-state index contributed by atoms with van der Waals surface area (Å²) in [7, 11) is 1.52. The van der Waals surface area contributed by atoms with Gasteiger partial charge in [0.15, 0.2) is 0 Å². The fraction of sp³-hybridized carbons (Fsp3) is 0.176. The third kappa shape index (κ3) is 2.29. The molecule has 2 aromatic carbocycles. The Morgan fingerprint density at radius 3 is 2.52 bits per heavy atom. The standard InChI is InChI=1S/C17H16N2O2/c1-12-6-5-7-13(10-12)11-19-15-9-4-3-8-14(15)16(20)18(2)17(19)21/h3-10H,11H2,1-2H3. The summed E-state index contributed by atoms with van der Waals surface area (Å²) in [4.78, 5) is 24.6. The topological polar surface area (TPSA) is 44.0 Å². The summed E-state index contributed by atoms with van der Waals surface area (Å²) in [6.07, 6.45) is 0. The van der Waals surface area contributed by atoms with Crippen molar-refractivity contribution < 1.29 is 0 Å². The lowest BCUT2D eigenvalue weighted by Gasteiger charge is -2.12. The van der Waals surface area contributed by atoms with Crippen molar-refractivity contribution in [3.63, 3.8) is 0 Å². The molecule has 1 heterocycles. The van der Waals surface area contributed by atoms with E-state index in [1.165, 1.54) is 7.05 Å². The molecule has 3 aromatic rings. The van der Waals surface area contributed by atoms with E-state index in [0.29, 0.717) is 17.4 Å². The van der Waals surface area contributed by atoms with E-state index >= 15 is 0 Å². The Bertz CT molecular complexity index is 935. The lowest BCUT2D eigenvalue weighted by atomic mass is 10.1. The van der Waals surface area contributed by atoms with Crippen LogP contribution in [0.1, 0.15) is 11.1 Å². The molecule has 0 unspecified atom stereocenters. The van der Waals surface area contributed by atoms with Crippen LogP contribution >= 0.6 is 0 Å². The molecule has 3 rings (SSSR count). The van der Waals surface area contributed by atoms with Gasteiger partial charge in [-0.05, 0) is 24.6 Å². The van der Waals surface area contributed by atoms with Gasteiger partial charge in [-0.3, -0.25) is 13.9 Å². The predicted octanol–water partition coefficient (Wildman–Crippen LogP) is 2.06. The van der Waals surface area contributed by atoms with Gasteiger partial charge in [0.25, 0.3) is 5.56 Å². The number of hydrogen-bond donors (Lipinski definition) is 0. The van der Waals surface area contributed by atoms with E-state index in [9.17, 15) is 9.59 Å². The van der Waals surface area contributed by atoms with E-state index in [0.717, 1.165) is 15.7 Å². The molecule has 0 N–H and O–H groups in total. The molecule has 4 heteroatoms. The minimum Gasteiger partial charge on any atom is -0.289 e. The third-order valence-electron chi connectivity index (χ3n) is 3.67. The molecule has 0 aliphatic heterocycles. The highest BCUT2D eigenvalue weighted by Gasteiger charge is 2.10. The van der Waals surface area contributed by atoms with Crippen molar-refractivity contribution in [3.8, 4) is 0 Å². The Morgan fingerprint density at radius 1 is 1.00 bits per heavy atom. The number of fused-ring (bicyclic) bond motifs is 1. The quantitative estimate of drug-likeness (QED) is 0.721. The van der Waals surface area contributed by atoms with E-state index in [4.69, 9.17) is 0 Å². The average Bonchev–Trinajstić information content (AvgIpc) is 2.49. The maximum absolute atomic E-state index is 12.4. The van der Waals surface area contributed by atoms with Gasteiger partial charge in [-0.1, -0.05) is 42.0 Å². The van der Waals surface area contributed by atoms with Crippen LogP contribution < -0.4 is 11.2 Å². The summed E-state index contributed by atoms with van der Waals surface area (Å²) >= 11 is 0. The molecule has 0 amide bonds. The van der Waals surface area contributed by atoms with E-state index in [2.05, 4.69) is 0 Å². The van der Waals surface area contributed by atoms with Crippen LogP contribution in [0.4, 0.5) is 0 Å². The zero-order valence-corrected chi connectivity index (χ0v) is 12.0. The van der Waals surface area contributed by atoms with E-state index < -0.39 is 0 Å². The molecule has 4 nitrogen and oxygen atoms in total. The van der Waals surface area contributed by atoms with Gasteiger partial charge < -0.3 is 0 Å². The van der Waals surface area contributed by atoms with Gasteiger partial charge in [0.2, 0.25) is 0 Å². The van der Waals surface area contributed by atoms with E-state index in [1.54, 1.807) is 10.6 Å². The largest absolute Gasteiger partial charge is 0.331 e. The van der Waals surface area contributed by atoms with Gasteiger partial charge in [0.1, 0.15) is 0 Å². The Kier molecular flexibility index (Phi) is 3.22. The molecule has 1 aromatic heterocycles. The third-order valence-corrected chi connectivity index (χ3v) is 3.67. The highest BCUT2D eigenvalue weighted by Crippen LogP contribution is 2.11. The van der Waals surface area contributed by atoms with E-state index in [1.807, 2.05) is 49.4 Å². The molecule has 0 saturated carbocycles.